The van der Waals surface area contributed by atoms with Crippen molar-refractivity contribution in [3.63, 3.8) is 0 Å². The number of hydrogen-bond donors (Lipinski definition) is 0. The van der Waals surface area contributed by atoms with E-state index >= 15 is 0 Å². The Balaban J connectivity index is 1.44. The number of esters is 2. The van der Waals surface area contributed by atoms with Crippen LogP contribution in [0.4, 0.5) is 0 Å². The predicted octanol–water partition coefficient (Wildman–Crippen LogP) is 3.25. The Morgan fingerprint density at radius 2 is 1.97 bits per heavy atom. The Hall–Kier alpha value is -2.08. The summed E-state index contributed by atoms with van der Waals surface area (Å²) in [7, 11) is 3.93. The van der Waals surface area contributed by atoms with Crippen LogP contribution in [0.5, 0.6) is 5.75 Å². The summed E-state index contributed by atoms with van der Waals surface area (Å²) in [6.07, 6.45) is 5.49. The zero-order chi connectivity index (χ0) is 20.4. The van der Waals surface area contributed by atoms with Crippen LogP contribution in [0.15, 0.2) is 24.3 Å². The van der Waals surface area contributed by atoms with E-state index in [0.29, 0.717) is 24.3 Å². The number of carbonyl (C=O) groups is 2. The number of fused-ring (bicyclic) bond motifs is 1. The lowest BCUT2D eigenvalue weighted by molar-refractivity contribution is -0.947. The minimum atomic E-state index is -0.645. The molecule has 1 aromatic rings. The van der Waals surface area contributed by atoms with Gasteiger partial charge in [0.1, 0.15) is 17.8 Å². The zero-order valence-electron chi connectivity index (χ0n) is 17.5. The molecule has 0 spiro atoms. The average molecular weight is 403 g/mol. The van der Waals surface area contributed by atoms with Crippen molar-refractivity contribution in [2.24, 2.45) is 11.8 Å². The molecule has 0 radical (unpaired) electrons. The van der Waals surface area contributed by atoms with Crippen molar-refractivity contribution >= 4 is 11.9 Å². The Morgan fingerprint density at radius 1 is 1.17 bits per heavy atom. The predicted molar refractivity (Wildman–Crippen MR) is 107 cm³/mol. The highest BCUT2D eigenvalue weighted by Crippen LogP contribution is 2.41. The van der Waals surface area contributed by atoms with Gasteiger partial charge in [0, 0.05) is 17.9 Å². The fourth-order valence-electron chi connectivity index (χ4n) is 5.67. The molecular formula is C23H32NO5+. The Morgan fingerprint density at radius 3 is 2.79 bits per heavy atom. The number of rotatable bonds is 5. The molecule has 1 aromatic carbocycles. The van der Waals surface area contributed by atoms with Crippen molar-refractivity contribution < 1.29 is 28.3 Å². The van der Waals surface area contributed by atoms with Gasteiger partial charge in [0.05, 0.1) is 46.3 Å². The molecule has 0 bridgehead atoms. The standard InChI is InChI=1S/C23H32NO5/c1-24-12-6-5-10-19(24)16(8-7-13-24)15-28-23(26)18-14-21(25)29-22(18)17-9-3-4-11-20(17)27-2/h3-4,9,11,16,18-19,22H,5-8,10,12-15H2,1-2H3/q+1/t16-,18?,19+,22?,24?/m0/s1. The van der Waals surface area contributed by atoms with Gasteiger partial charge >= 0.3 is 11.9 Å². The maximum absolute atomic E-state index is 13.0. The summed E-state index contributed by atoms with van der Waals surface area (Å²) in [6, 6.07) is 7.95. The summed E-state index contributed by atoms with van der Waals surface area (Å²) < 4.78 is 17.8. The first kappa shape index (κ1) is 20.2. The fraction of sp³-hybridized carbons (Fsp3) is 0.652. The van der Waals surface area contributed by atoms with Crippen LogP contribution < -0.4 is 4.74 Å². The molecule has 0 N–H and O–H groups in total. The van der Waals surface area contributed by atoms with Crippen LogP contribution in [0.1, 0.15) is 50.2 Å². The second-order valence-corrected chi connectivity index (χ2v) is 8.99. The molecule has 29 heavy (non-hydrogen) atoms. The van der Waals surface area contributed by atoms with Crippen LogP contribution in [0, 0.1) is 11.8 Å². The van der Waals surface area contributed by atoms with E-state index in [-0.39, 0.29) is 18.4 Å². The first-order valence-electron chi connectivity index (χ1n) is 10.8. The summed E-state index contributed by atoms with van der Waals surface area (Å²) in [4.78, 5) is 25.0. The monoisotopic (exact) mass is 402 g/mol. The summed E-state index contributed by atoms with van der Waals surface area (Å²) in [6.45, 7) is 2.91. The second kappa shape index (κ2) is 8.34. The van der Waals surface area contributed by atoms with Crippen LogP contribution in [-0.4, -0.2) is 56.3 Å². The van der Waals surface area contributed by atoms with E-state index in [4.69, 9.17) is 14.2 Å². The van der Waals surface area contributed by atoms with Crippen molar-refractivity contribution in [2.75, 3.05) is 33.9 Å². The van der Waals surface area contributed by atoms with E-state index in [0.717, 1.165) is 16.5 Å². The third kappa shape index (κ3) is 4.00. The molecule has 0 saturated carbocycles. The number of piperidine rings is 2. The molecule has 3 heterocycles. The number of methoxy groups -OCH3 is 1. The fourth-order valence-corrected chi connectivity index (χ4v) is 5.67. The Labute approximate surface area is 172 Å². The van der Waals surface area contributed by atoms with Gasteiger partial charge in [-0.05, 0) is 31.7 Å². The number of ether oxygens (including phenoxy) is 3. The van der Waals surface area contributed by atoms with Crippen molar-refractivity contribution in [1.29, 1.82) is 0 Å². The molecule has 0 aromatic heterocycles. The van der Waals surface area contributed by atoms with E-state index in [1.165, 1.54) is 38.8 Å². The smallest absolute Gasteiger partial charge is 0.313 e. The van der Waals surface area contributed by atoms with Gasteiger partial charge in [-0.15, -0.1) is 0 Å². The molecule has 3 aliphatic rings. The third-order valence-corrected chi connectivity index (χ3v) is 7.21. The van der Waals surface area contributed by atoms with Gasteiger partial charge in [0.25, 0.3) is 0 Å². The van der Waals surface area contributed by atoms with E-state index in [2.05, 4.69) is 7.05 Å². The van der Waals surface area contributed by atoms with Crippen LogP contribution in [0.25, 0.3) is 0 Å². The summed E-state index contributed by atoms with van der Waals surface area (Å²) >= 11 is 0. The van der Waals surface area contributed by atoms with Crippen LogP contribution in [0.2, 0.25) is 0 Å². The normalized spacial score (nSPS) is 34.2. The molecule has 6 nitrogen and oxygen atoms in total. The number of hydrogen-bond acceptors (Lipinski definition) is 5. The summed E-state index contributed by atoms with van der Waals surface area (Å²) in [5, 5.41) is 0. The SMILES string of the molecule is COc1ccccc1C1OC(=O)CC1C(=O)OC[C@@H]1CCC[N+]2(C)CCCC[C@H]12. The lowest BCUT2D eigenvalue weighted by atomic mass is 9.82. The van der Waals surface area contributed by atoms with Crippen molar-refractivity contribution in [3.05, 3.63) is 29.8 Å². The zero-order valence-corrected chi connectivity index (χ0v) is 17.5. The number of cyclic esters (lactones) is 1. The highest BCUT2D eigenvalue weighted by Gasteiger charge is 2.46. The van der Waals surface area contributed by atoms with E-state index in [1.807, 2.05) is 24.3 Å². The minimum absolute atomic E-state index is 0.0589. The maximum Gasteiger partial charge on any atom is 0.313 e. The molecule has 4 rings (SSSR count). The molecule has 3 saturated heterocycles. The van der Waals surface area contributed by atoms with Crippen LogP contribution in [-0.2, 0) is 19.1 Å². The lowest BCUT2D eigenvalue weighted by Gasteiger charge is -2.51. The molecule has 0 aliphatic carbocycles. The summed E-state index contributed by atoms with van der Waals surface area (Å²) in [5.74, 6) is -0.290. The Kier molecular flexibility index (Phi) is 5.81. The lowest BCUT2D eigenvalue weighted by Crippen LogP contribution is -2.61. The third-order valence-electron chi connectivity index (χ3n) is 7.21. The Bertz CT molecular complexity index is 761. The van der Waals surface area contributed by atoms with Crippen molar-refractivity contribution in [1.82, 2.24) is 0 Å². The van der Waals surface area contributed by atoms with Gasteiger partial charge in [-0.3, -0.25) is 9.59 Å². The summed E-state index contributed by atoms with van der Waals surface area (Å²) in [5.41, 5.74) is 0.719. The van der Waals surface area contributed by atoms with Crippen LogP contribution >= 0.6 is 0 Å². The highest BCUT2D eigenvalue weighted by molar-refractivity contribution is 5.84. The van der Waals surface area contributed by atoms with Gasteiger partial charge in [-0.2, -0.15) is 0 Å². The maximum atomic E-state index is 13.0. The molecule has 3 aliphatic heterocycles. The van der Waals surface area contributed by atoms with Crippen molar-refractivity contribution in [3.8, 4) is 5.75 Å². The number of nitrogens with zero attached hydrogens (tertiary/aromatic N) is 1. The molecule has 6 heteroatoms. The van der Waals surface area contributed by atoms with Gasteiger partial charge in [-0.25, -0.2) is 0 Å². The molecule has 158 valence electrons. The van der Waals surface area contributed by atoms with Gasteiger partial charge in [-0.1, -0.05) is 18.2 Å². The second-order valence-electron chi connectivity index (χ2n) is 8.99. The van der Waals surface area contributed by atoms with Gasteiger partial charge in [0.15, 0.2) is 0 Å². The van der Waals surface area contributed by atoms with E-state index in [9.17, 15) is 9.59 Å². The largest absolute Gasteiger partial charge is 0.496 e. The number of benzene rings is 1. The number of carbonyl (C=O) groups excluding carboxylic acids is 2. The highest BCUT2D eigenvalue weighted by atomic mass is 16.6. The average Bonchev–Trinajstić information content (AvgIpc) is 3.13. The van der Waals surface area contributed by atoms with Crippen LogP contribution in [0.3, 0.4) is 0 Å². The topological polar surface area (TPSA) is 61.8 Å². The van der Waals surface area contributed by atoms with Crippen molar-refractivity contribution in [2.45, 2.75) is 50.7 Å². The first-order valence-corrected chi connectivity index (χ1v) is 10.8. The molecule has 3 unspecified atom stereocenters. The van der Waals surface area contributed by atoms with E-state index in [1.54, 1.807) is 7.11 Å². The number of para-hydroxylation sites is 1. The molecule has 5 atom stereocenters. The minimum Gasteiger partial charge on any atom is -0.496 e. The van der Waals surface area contributed by atoms with Gasteiger partial charge < -0.3 is 18.7 Å². The van der Waals surface area contributed by atoms with E-state index < -0.39 is 12.0 Å². The molecular weight excluding hydrogens is 370 g/mol. The molecule has 3 fully saturated rings. The molecule has 0 amide bonds. The number of quaternary nitrogens is 1. The first-order chi connectivity index (χ1) is 14.0. The quantitative estimate of drug-likeness (QED) is 0.559. The van der Waals surface area contributed by atoms with Gasteiger partial charge in [0.2, 0.25) is 0 Å².